The zero-order chi connectivity index (χ0) is 27.6. The fraction of sp³-hybridized carbons (Fsp3) is 0.286. The Morgan fingerprint density at radius 2 is 1.74 bits per heavy atom. The number of sulfonamides is 1. The Kier molecular flexibility index (Phi) is 7.91. The maximum absolute atomic E-state index is 15.3. The minimum atomic E-state index is -3.67. The molecule has 6 nitrogen and oxygen atoms in total. The number of nitrogens with zero attached hydrogens (tertiary/aromatic N) is 1. The Labute approximate surface area is 219 Å². The number of para-hydroxylation sites is 1. The van der Waals surface area contributed by atoms with Crippen LogP contribution in [0.25, 0.3) is 11.1 Å². The van der Waals surface area contributed by atoms with Crippen molar-refractivity contribution in [3.05, 3.63) is 83.2 Å². The van der Waals surface area contributed by atoms with Gasteiger partial charge in [-0.05, 0) is 49.1 Å². The molecule has 10 heteroatoms. The second kappa shape index (κ2) is 11.0. The minimum Gasteiger partial charge on any atom is -0.309 e. The van der Waals surface area contributed by atoms with Crippen molar-refractivity contribution in [1.82, 2.24) is 0 Å². The lowest BCUT2D eigenvalue weighted by Crippen LogP contribution is -2.42. The van der Waals surface area contributed by atoms with Gasteiger partial charge >= 0.3 is 0 Å². The van der Waals surface area contributed by atoms with Crippen molar-refractivity contribution in [3.63, 3.8) is 0 Å². The molecule has 1 amide bonds. The van der Waals surface area contributed by atoms with Gasteiger partial charge in [0.25, 0.3) is 0 Å². The molecule has 1 heterocycles. The number of piperidine rings is 1. The molecule has 1 aliphatic rings. The summed E-state index contributed by atoms with van der Waals surface area (Å²) >= 11 is 0. The van der Waals surface area contributed by atoms with Crippen LogP contribution in [0.3, 0.4) is 0 Å². The van der Waals surface area contributed by atoms with Crippen molar-refractivity contribution in [2.24, 2.45) is 5.92 Å². The summed E-state index contributed by atoms with van der Waals surface area (Å²) < 4.78 is 70.4. The van der Waals surface area contributed by atoms with Gasteiger partial charge in [-0.2, -0.15) is 0 Å². The molecule has 0 spiro atoms. The number of Topliss-reactive ketones (excluding diaryl/α,β-unsaturated/α-hetero) is 1. The lowest BCUT2D eigenvalue weighted by molar-refractivity contribution is -0.128. The van der Waals surface area contributed by atoms with E-state index in [0.717, 1.165) is 28.9 Å². The molecule has 38 heavy (non-hydrogen) atoms. The number of anilines is 2. The van der Waals surface area contributed by atoms with Crippen molar-refractivity contribution in [2.75, 3.05) is 22.4 Å². The number of ketones is 1. The van der Waals surface area contributed by atoms with E-state index >= 15 is 8.78 Å². The summed E-state index contributed by atoms with van der Waals surface area (Å²) in [6.07, 6.45) is 1.55. The number of aryl methyl sites for hydroxylation is 1. The van der Waals surface area contributed by atoms with E-state index in [1.165, 1.54) is 18.2 Å². The van der Waals surface area contributed by atoms with Crippen LogP contribution in [0.5, 0.6) is 0 Å². The first-order chi connectivity index (χ1) is 17.9. The van der Waals surface area contributed by atoms with E-state index in [2.05, 4.69) is 4.72 Å². The van der Waals surface area contributed by atoms with E-state index in [9.17, 15) is 22.4 Å². The van der Waals surface area contributed by atoms with Crippen LogP contribution < -0.4 is 9.62 Å². The van der Waals surface area contributed by atoms with E-state index in [1.807, 2.05) is 0 Å². The largest absolute Gasteiger partial charge is 0.309 e. The topological polar surface area (TPSA) is 83.6 Å². The smallest absolute Gasteiger partial charge is 0.230 e. The standard InChI is InChI=1S/C28H27F3N2O4S/c1-17-9-10-18(23(29)12-17)13-20(34)14-19-6-5-11-33(28(19)35)27-16-24(30)22(15-25(27)31)21-7-3-4-8-26(21)32-38(2,36)37/h3-4,7-10,12,15-16,19,32H,5-6,11,13-14H2,1-2H3/t19-/m0/s1. The quantitative estimate of drug-likeness (QED) is 0.412. The summed E-state index contributed by atoms with van der Waals surface area (Å²) in [5, 5.41) is 0. The van der Waals surface area contributed by atoms with E-state index in [0.29, 0.717) is 12.8 Å². The molecule has 1 N–H and O–H groups in total. The molecule has 0 bridgehead atoms. The first kappa shape index (κ1) is 27.4. The second-order valence-corrected chi connectivity index (χ2v) is 11.3. The van der Waals surface area contributed by atoms with Crippen LogP contribution in [-0.4, -0.2) is 32.9 Å². The van der Waals surface area contributed by atoms with Crippen LogP contribution in [0.2, 0.25) is 0 Å². The summed E-state index contributed by atoms with van der Waals surface area (Å²) in [7, 11) is -3.67. The van der Waals surface area contributed by atoms with Crippen molar-refractivity contribution in [3.8, 4) is 11.1 Å². The zero-order valence-corrected chi connectivity index (χ0v) is 21.7. The van der Waals surface area contributed by atoms with Crippen LogP contribution in [0.1, 0.15) is 30.4 Å². The predicted octanol–water partition coefficient (Wildman–Crippen LogP) is 5.40. The van der Waals surface area contributed by atoms with Crippen molar-refractivity contribution >= 4 is 33.1 Å². The number of amides is 1. The molecule has 1 atom stereocenters. The van der Waals surface area contributed by atoms with Gasteiger partial charge in [-0.15, -0.1) is 0 Å². The number of benzene rings is 3. The molecule has 4 rings (SSSR count). The normalized spacial score (nSPS) is 16.0. The number of carbonyl (C=O) groups excluding carboxylic acids is 2. The van der Waals surface area contributed by atoms with Gasteiger partial charge in [-0.25, -0.2) is 21.6 Å². The second-order valence-electron chi connectivity index (χ2n) is 9.55. The average molecular weight is 545 g/mol. The molecular weight excluding hydrogens is 517 g/mol. The zero-order valence-electron chi connectivity index (χ0n) is 20.9. The van der Waals surface area contributed by atoms with E-state index in [-0.39, 0.29) is 53.2 Å². The van der Waals surface area contributed by atoms with E-state index in [4.69, 9.17) is 0 Å². The highest BCUT2D eigenvalue weighted by molar-refractivity contribution is 7.92. The van der Waals surface area contributed by atoms with Gasteiger partial charge in [-0.1, -0.05) is 30.3 Å². The molecule has 0 radical (unpaired) electrons. The van der Waals surface area contributed by atoms with Gasteiger partial charge in [0.2, 0.25) is 15.9 Å². The number of hydrogen-bond donors (Lipinski definition) is 1. The molecular formula is C28H27F3N2O4S. The third-order valence-corrected chi connectivity index (χ3v) is 7.05. The number of hydrogen-bond acceptors (Lipinski definition) is 4. The summed E-state index contributed by atoms with van der Waals surface area (Å²) in [6, 6.07) is 12.4. The van der Waals surface area contributed by atoms with Gasteiger partial charge < -0.3 is 4.90 Å². The molecule has 1 aliphatic heterocycles. The van der Waals surface area contributed by atoms with Crippen LogP contribution in [0.15, 0.2) is 54.6 Å². The number of nitrogens with one attached hydrogen (secondary N) is 1. The Balaban J connectivity index is 1.55. The Morgan fingerprint density at radius 1 is 1.00 bits per heavy atom. The van der Waals surface area contributed by atoms with Crippen LogP contribution in [0, 0.1) is 30.3 Å². The van der Waals surface area contributed by atoms with Gasteiger partial charge in [0.1, 0.15) is 23.2 Å². The highest BCUT2D eigenvalue weighted by atomic mass is 32.2. The maximum atomic E-state index is 15.3. The summed E-state index contributed by atoms with van der Waals surface area (Å²) in [5.41, 5.74) is 0.763. The summed E-state index contributed by atoms with van der Waals surface area (Å²) in [5.74, 6) is -3.74. The summed E-state index contributed by atoms with van der Waals surface area (Å²) in [6.45, 7) is 1.89. The maximum Gasteiger partial charge on any atom is 0.230 e. The van der Waals surface area contributed by atoms with Gasteiger partial charge in [-0.3, -0.25) is 14.3 Å². The predicted molar refractivity (Wildman–Crippen MR) is 140 cm³/mol. The fourth-order valence-corrected chi connectivity index (χ4v) is 5.27. The Hall–Kier alpha value is -3.66. The number of halogens is 3. The van der Waals surface area contributed by atoms with Crippen LogP contribution in [-0.2, 0) is 26.0 Å². The van der Waals surface area contributed by atoms with Gasteiger partial charge in [0.05, 0.1) is 17.6 Å². The third kappa shape index (κ3) is 6.24. The van der Waals surface area contributed by atoms with Gasteiger partial charge in [0, 0.05) is 42.5 Å². The lowest BCUT2D eigenvalue weighted by Gasteiger charge is -2.32. The Morgan fingerprint density at radius 3 is 2.45 bits per heavy atom. The average Bonchev–Trinajstić information content (AvgIpc) is 2.83. The monoisotopic (exact) mass is 544 g/mol. The molecule has 0 aliphatic carbocycles. The molecule has 3 aromatic carbocycles. The number of rotatable bonds is 8. The van der Waals surface area contributed by atoms with Crippen LogP contribution >= 0.6 is 0 Å². The first-order valence-electron chi connectivity index (χ1n) is 12.1. The highest BCUT2D eigenvalue weighted by Gasteiger charge is 2.33. The molecule has 200 valence electrons. The fourth-order valence-electron chi connectivity index (χ4n) is 4.69. The lowest BCUT2D eigenvalue weighted by atomic mass is 9.89. The molecule has 0 saturated carbocycles. The van der Waals surface area contributed by atoms with Crippen molar-refractivity contribution < 1.29 is 31.2 Å². The molecule has 3 aromatic rings. The van der Waals surface area contributed by atoms with E-state index in [1.54, 1.807) is 31.2 Å². The minimum absolute atomic E-state index is 0.0821. The van der Waals surface area contributed by atoms with Gasteiger partial charge in [0.15, 0.2) is 0 Å². The van der Waals surface area contributed by atoms with Crippen LogP contribution in [0.4, 0.5) is 24.5 Å². The SMILES string of the molecule is Cc1ccc(CC(=O)C[C@@H]2CCCN(c3cc(F)c(-c4ccccc4NS(C)(=O)=O)cc3F)C2=O)c(F)c1. The first-order valence-corrected chi connectivity index (χ1v) is 14.0. The molecule has 0 unspecified atom stereocenters. The molecule has 1 saturated heterocycles. The molecule has 0 aromatic heterocycles. The van der Waals surface area contributed by atoms with Crippen molar-refractivity contribution in [1.29, 1.82) is 0 Å². The molecule has 1 fully saturated rings. The Bertz CT molecular complexity index is 1510. The summed E-state index contributed by atoms with van der Waals surface area (Å²) in [4.78, 5) is 27.0. The highest BCUT2D eigenvalue weighted by Crippen LogP contribution is 2.36. The van der Waals surface area contributed by atoms with E-state index < -0.39 is 39.3 Å². The number of carbonyl (C=O) groups is 2. The third-order valence-electron chi connectivity index (χ3n) is 6.46. The van der Waals surface area contributed by atoms with Crippen molar-refractivity contribution in [2.45, 2.75) is 32.6 Å².